The number of nitrogens with zero attached hydrogens (tertiary/aromatic N) is 1. The van der Waals surface area contributed by atoms with Crippen LogP contribution in [0, 0.1) is 0 Å². The molecule has 0 saturated carbocycles. The van der Waals surface area contributed by atoms with E-state index < -0.39 is 62.0 Å². The van der Waals surface area contributed by atoms with E-state index in [-0.39, 0.29) is 5.56 Å². The van der Waals surface area contributed by atoms with E-state index in [1.807, 2.05) is 0 Å². The highest BCUT2D eigenvalue weighted by Crippen LogP contribution is 2.47. The van der Waals surface area contributed by atoms with Crippen molar-refractivity contribution in [3.63, 3.8) is 0 Å². The number of halogens is 9. The molecule has 2 nitrogen and oxygen atoms in total. The predicted molar refractivity (Wildman–Crippen MR) is 75.8 cm³/mol. The number of H-pyrrole nitrogens is 1. The number of hydrogen-bond donors (Lipinski definition) is 1. The number of thioether (sulfide) groups is 1. The summed E-state index contributed by atoms with van der Waals surface area (Å²) >= 11 is 10.8. The topological polar surface area (TPSA) is 28.7 Å². The Morgan fingerprint density at radius 1 is 1.04 bits per heavy atom. The molecule has 1 aromatic heterocycles. The van der Waals surface area contributed by atoms with Crippen LogP contribution in [-0.2, 0) is 12.9 Å². The number of hydrogen-bond acceptors (Lipinski definition) is 2. The van der Waals surface area contributed by atoms with E-state index in [2.05, 4.69) is 10.2 Å². The van der Waals surface area contributed by atoms with E-state index >= 15 is 0 Å². The molecule has 2 aromatic rings. The van der Waals surface area contributed by atoms with Gasteiger partial charge in [-0.1, -0.05) is 23.2 Å². The Bertz CT molecular complexity index is 732. The fourth-order valence-corrected chi connectivity index (χ4v) is 3.18. The molecule has 0 radical (unpaired) electrons. The largest absolute Gasteiger partial charge is 0.446 e. The first-order valence-corrected chi connectivity index (χ1v) is 7.47. The number of nitrogens with one attached hydrogen (secondary N) is 1. The summed E-state index contributed by atoms with van der Waals surface area (Å²) in [6.07, 6.45) is -4.75. The van der Waals surface area contributed by atoms with E-state index in [9.17, 15) is 30.7 Å². The average Bonchev–Trinajstić information content (AvgIpc) is 2.77. The molecule has 1 heterocycles. The van der Waals surface area contributed by atoms with Crippen LogP contribution in [-0.4, -0.2) is 15.7 Å². The molecule has 0 aliphatic rings. The molecular formula is C12H5Cl2F7N2S. The lowest BCUT2D eigenvalue weighted by Gasteiger charge is -2.13. The third-order valence-electron chi connectivity index (χ3n) is 2.75. The molecule has 0 bridgehead atoms. The van der Waals surface area contributed by atoms with Gasteiger partial charge < -0.3 is 0 Å². The zero-order chi connectivity index (χ0) is 18.3. The number of aromatic nitrogens is 2. The van der Waals surface area contributed by atoms with E-state index in [0.29, 0.717) is 12.1 Å². The van der Waals surface area contributed by atoms with Crippen LogP contribution >= 0.6 is 35.0 Å². The van der Waals surface area contributed by atoms with Gasteiger partial charge in [0.05, 0.1) is 26.2 Å². The standard InChI is InChI=1S/C12H5Cl2F7N2S/c13-5-1-4(11(16,17)18)2-6(14)8(5)9-10(24-12(19,20)21)7(3-15)22-23-9/h1-2H,3H2,(H,22,23). The van der Waals surface area contributed by atoms with Gasteiger partial charge in [0.25, 0.3) is 0 Å². The molecule has 0 aliphatic heterocycles. The summed E-state index contributed by atoms with van der Waals surface area (Å²) < 4.78 is 88.9. The summed E-state index contributed by atoms with van der Waals surface area (Å²) in [5.74, 6) is 0. The molecule has 0 amide bonds. The first-order valence-electron chi connectivity index (χ1n) is 5.89. The van der Waals surface area contributed by atoms with Crippen molar-refractivity contribution < 1.29 is 30.7 Å². The van der Waals surface area contributed by atoms with Gasteiger partial charge >= 0.3 is 11.7 Å². The Balaban J connectivity index is 2.63. The predicted octanol–water partition coefficient (Wildman–Crippen LogP) is 6.48. The van der Waals surface area contributed by atoms with Crippen molar-refractivity contribution in [1.82, 2.24) is 10.2 Å². The van der Waals surface area contributed by atoms with Crippen molar-refractivity contribution in [2.24, 2.45) is 0 Å². The number of alkyl halides is 7. The Hall–Kier alpha value is -1.13. The van der Waals surface area contributed by atoms with E-state index in [1.54, 1.807) is 0 Å². The summed E-state index contributed by atoms with van der Waals surface area (Å²) in [4.78, 5) is -0.645. The van der Waals surface area contributed by atoms with Gasteiger partial charge in [0.15, 0.2) is 0 Å². The monoisotopic (exact) mass is 412 g/mol. The highest BCUT2D eigenvalue weighted by atomic mass is 35.5. The van der Waals surface area contributed by atoms with E-state index in [4.69, 9.17) is 23.2 Å². The maximum atomic E-state index is 12.8. The van der Waals surface area contributed by atoms with Gasteiger partial charge in [-0.25, -0.2) is 4.39 Å². The fraction of sp³-hybridized carbons (Fsp3) is 0.250. The quantitative estimate of drug-likeness (QED) is 0.461. The summed E-state index contributed by atoms with van der Waals surface area (Å²) in [6, 6.07) is 1.02. The summed E-state index contributed by atoms with van der Waals surface area (Å²) in [7, 11) is 0. The second-order valence-corrected chi connectivity index (χ2v) is 6.26. The zero-order valence-corrected chi connectivity index (χ0v) is 13.4. The van der Waals surface area contributed by atoms with Crippen LogP contribution < -0.4 is 0 Å². The third kappa shape index (κ3) is 4.09. The first-order chi connectivity index (χ1) is 10.9. The van der Waals surface area contributed by atoms with Crippen molar-refractivity contribution in [3.05, 3.63) is 33.4 Å². The minimum Gasteiger partial charge on any atom is -0.278 e. The third-order valence-corrected chi connectivity index (χ3v) is 4.22. The van der Waals surface area contributed by atoms with Gasteiger partial charge in [0.2, 0.25) is 0 Å². The smallest absolute Gasteiger partial charge is 0.278 e. The zero-order valence-electron chi connectivity index (χ0n) is 11.1. The van der Waals surface area contributed by atoms with E-state index in [0.717, 1.165) is 0 Å². The van der Waals surface area contributed by atoms with Crippen LogP contribution in [0.5, 0.6) is 0 Å². The minimum absolute atomic E-state index is 0.353. The maximum Gasteiger partial charge on any atom is 0.446 e. The number of benzene rings is 1. The number of rotatable bonds is 3. The summed E-state index contributed by atoms with van der Waals surface area (Å²) in [5.41, 5.74) is -7.26. The molecule has 0 atom stereocenters. The minimum atomic E-state index is -4.77. The van der Waals surface area contributed by atoms with Crippen LogP contribution in [0.4, 0.5) is 30.7 Å². The molecule has 0 saturated heterocycles. The van der Waals surface area contributed by atoms with Crippen molar-refractivity contribution in [1.29, 1.82) is 0 Å². The molecule has 12 heteroatoms. The van der Waals surface area contributed by atoms with Gasteiger partial charge in [-0.2, -0.15) is 31.4 Å². The maximum absolute atomic E-state index is 12.8. The van der Waals surface area contributed by atoms with Gasteiger partial charge in [-0.15, -0.1) is 0 Å². The number of aromatic amines is 1. The second-order valence-electron chi connectivity index (χ2n) is 4.37. The van der Waals surface area contributed by atoms with Crippen molar-refractivity contribution >= 4 is 35.0 Å². The van der Waals surface area contributed by atoms with Crippen molar-refractivity contribution in [3.8, 4) is 11.3 Å². The van der Waals surface area contributed by atoms with Crippen molar-refractivity contribution in [2.45, 2.75) is 23.3 Å². The Kier molecular flexibility index (Phi) is 5.31. The summed E-state index contributed by atoms with van der Waals surface area (Å²) in [5, 5.41) is 4.46. The van der Waals surface area contributed by atoms with Crippen LogP contribution in [0.15, 0.2) is 17.0 Å². The van der Waals surface area contributed by atoms with Gasteiger partial charge in [-0.3, -0.25) is 5.10 Å². The normalized spacial score (nSPS) is 12.7. The van der Waals surface area contributed by atoms with Crippen LogP contribution in [0.25, 0.3) is 11.3 Å². The summed E-state index contributed by atoms with van der Waals surface area (Å²) in [6.45, 7) is -1.29. The molecule has 1 N–H and O–H groups in total. The van der Waals surface area contributed by atoms with Crippen LogP contribution in [0.1, 0.15) is 11.3 Å². The molecule has 132 valence electrons. The Morgan fingerprint density at radius 2 is 1.58 bits per heavy atom. The van der Waals surface area contributed by atoms with E-state index in [1.165, 1.54) is 0 Å². The van der Waals surface area contributed by atoms with Gasteiger partial charge in [0.1, 0.15) is 12.4 Å². The molecular weight excluding hydrogens is 408 g/mol. The molecule has 0 aliphatic carbocycles. The SMILES string of the molecule is FCc1[nH]nc(-c2c(Cl)cc(C(F)(F)F)cc2Cl)c1SC(F)(F)F. The molecule has 24 heavy (non-hydrogen) atoms. The first kappa shape index (κ1) is 19.2. The van der Waals surface area contributed by atoms with Gasteiger partial charge in [-0.05, 0) is 23.9 Å². The fourth-order valence-electron chi connectivity index (χ4n) is 1.82. The average molecular weight is 413 g/mol. The van der Waals surface area contributed by atoms with Crippen molar-refractivity contribution in [2.75, 3.05) is 0 Å². The molecule has 1 aromatic carbocycles. The highest BCUT2D eigenvalue weighted by Gasteiger charge is 2.36. The lowest BCUT2D eigenvalue weighted by molar-refractivity contribution is -0.137. The second kappa shape index (κ2) is 6.64. The lowest BCUT2D eigenvalue weighted by Crippen LogP contribution is -2.05. The molecule has 2 rings (SSSR count). The Morgan fingerprint density at radius 3 is 2.00 bits per heavy atom. The lowest BCUT2D eigenvalue weighted by atomic mass is 10.1. The van der Waals surface area contributed by atoms with Crippen LogP contribution in [0.2, 0.25) is 10.0 Å². The molecule has 0 fully saturated rings. The van der Waals surface area contributed by atoms with Gasteiger partial charge in [0, 0.05) is 5.56 Å². The Labute approximate surface area is 144 Å². The molecule has 0 spiro atoms. The molecule has 0 unspecified atom stereocenters. The van der Waals surface area contributed by atoms with Crippen LogP contribution in [0.3, 0.4) is 0 Å². The highest BCUT2D eigenvalue weighted by molar-refractivity contribution is 8.00.